The summed E-state index contributed by atoms with van der Waals surface area (Å²) in [6.45, 7) is 1.34. The quantitative estimate of drug-likeness (QED) is 0.785. The Morgan fingerprint density at radius 1 is 0.842 bits per heavy atom. The Labute approximate surface area is 116 Å². The van der Waals surface area contributed by atoms with Crippen molar-refractivity contribution < 1.29 is 16.2 Å². The fourth-order valence-corrected chi connectivity index (χ4v) is 2.60. The first-order valence-electron chi connectivity index (χ1n) is 5.84. The lowest BCUT2D eigenvalue weighted by Crippen LogP contribution is -2.35. The monoisotopic (exact) mass is 272 g/mol. The Balaban J connectivity index is 2.06. The van der Waals surface area contributed by atoms with Gasteiger partial charge in [0.1, 0.15) is 0 Å². The van der Waals surface area contributed by atoms with Crippen molar-refractivity contribution in [1.29, 1.82) is 0 Å². The van der Waals surface area contributed by atoms with Gasteiger partial charge in [-0.05, 0) is 24.3 Å². The van der Waals surface area contributed by atoms with Crippen molar-refractivity contribution in [2.45, 2.75) is 6.92 Å². The molecular weight excluding hydrogens is 259 g/mol. The molecule has 5 heteroatoms. The molecule has 0 fully saturated rings. The highest BCUT2D eigenvalue weighted by Crippen LogP contribution is 2.14. The van der Waals surface area contributed by atoms with Crippen LogP contribution in [0, 0.1) is 0 Å². The van der Waals surface area contributed by atoms with E-state index in [0.29, 0.717) is 11.5 Å². The largest absolute Gasteiger partial charge is 1.20 e. The van der Waals surface area contributed by atoms with Gasteiger partial charge in [-0.25, -0.2) is 0 Å². The lowest BCUT2D eigenvalue weighted by molar-refractivity contribution is -0.134. The van der Waals surface area contributed by atoms with Gasteiger partial charge in [0, 0.05) is 6.92 Å². The topological polar surface area (TPSA) is 44.8 Å². The Morgan fingerprint density at radius 3 is 1.63 bits per heavy atom. The first-order chi connectivity index (χ1) is 9.24. The second kappa shape index (κ2) is 6.84. The molecule has 0 N–H and O–H groups in total. The standard InChI is InChI=1S/2C6H6O.C2H4O2.Al/c2*7-6-4-2-1-3-5-6;1-2(3)4;/h2*1-5,7H;1H3,(H,3,4);/q;;;+3/p-3. The molecule has 2 aromatic rings. The molecule has 0 atom stereocenters. The third-order valence-corrected chi connectivity index (χ3v) is 3.67. The SMILES string of the molecule is CC(=O)[O][Al]([O]c1ccccc1)[O]c1ccccc1. The first kappa shape index (κ1) is 13.5. The number of hydrogen-bond acceptors (Lipinski definition) is 4. The summed E-state index contributed by atoms with van der Waals surface area (Å²) in [6, 6.07) is 18.3. The van der Waals surface area contributed by atoms with Gasteiger partial charge in [-0.3, -0.25) is 4.79 Å². The van der Waals surface area contributed by atoms with Crippen LogP contribution in [0.1, 0.15) is 6.92 Å². The van der Waals surface area contributed by atoms with Crippen LogP contribution in [-0.2, 0) is 8.58 Å². The summed E-state index contributed by atoms with van der Waals surface area (Å²) in [5, 5.41) is 0. The molecule has 0 saturated heterocycles. The molecular formula is C14H13AlO4. The minimum atomic E-state index is -2.59. The number of carbonyl (C=O) groups excluding carboxylic acids is 1. The minimum Gasteiger partial charge on any atom is -0.577 e. The fourth-order valence-electron chi connectivity index (χ4n) is 1.43. The van der Waals surface area contributed by atoms with E-state index in [0.717, 1.165) is 0 Å². The van der Waals surface area contributed by atoms with E-state index in [1.165, 1.54) is 6.92 Å². The molecule has 0 bridgehead atoms. The highest BCUT2D eigenvalue weighted by molar-refractivity contribution is 6.41. The number of benzene rings is 2. The van der Waals surface area contributed by atoms with Gasteiger partial charge in [-0.1, -0.05) is 36.4 Å². The second-order valence-electron chi connectivity index (χ2n) is 3.76. The average Bonchev–Trinajstić information content (AvgIpc) is 2.40. The van der Waals surface area contributed by atoms with Crippen molar-refractivity contribution in [2.24, 2.45) is 0 Å². The van der Waals surface area contributed by atoms with E-state index in [1.54, 1.807) is 24.3 Å². The molecule has 0 aromatic heterocycles. The number of rotatable bonds is 5. The third-order valence-electron chi connectivity index (χ3n) is 2.21. The molecule has 0 heterocycles. The molecule has 0 aliphatic heterocycles. The van der Waals surface area contributed by atoms with Gasteiger partial charge in [0.05, 0.1) is 11.5 Å². The molecule has 0 unspecified atom stereocenters. The summed E-state index contributed by atoms with van der Waals surface area (Å²) >= 11 is -2.59. The Kier molecular flexibility index (Phi) is 4.85. The molecule has 2 aromatic carbocycles. The number of hydrogen-bond donors (Lipinski definition) is 0. The van der Waals surface area contributed by atoms with E-state index in [9.17, 15) is 4.79 Å². The van der Waals surface area contributed by atoms with Crippen LogP contribution in [0.25, 0.3) is 0 Å². The van der Waals surface area contributed by atoms with Crippen LogP contribution >= 0.6 is 0 Å². The molecule has 19 heavy (non-hydrogen) atoms. The lowest BCUT2D eigenvalue weighted by Gasteiger charge is -2.14. The summed E-state index contributed by atoms with van der Waals surface area (Å²) in [7, 11) is 0. The Hall–Kier alpha value is -1.96. The van der Waals surface area contributed by atoms with Gasteiger partial charge in [0.2, 0.25) is 0 Å². The summed E-state index contributed by atoms with van der Waals surface area (Å²) in [6.07, 6.45) is 0. The molecule has 0 spiro atoms. The highest BCUT2D eigenvalue weighted by Gasteiger charge is 2.45. The predicted octanol–water partition coefficient (Wildman–Crippen LogP) is 2.69. The van der Waals surface area contributed by atoms with E-state index in [2.05, 4.69) is 0 Å². The van der Waals surface area contributed by atoms with Crippen LogP contribution in [0.3, 0.4) is 0 Å². The van der Waals surface area contributed by atoms with E-state index >= 15 is 0 Å². The zero-order chi connectivity index (χ0) is 13.5. The highest BCUT2D eigenvalue weighted by atomic mass is 27.3. The summed E-state index contributed by atoms with van der Waals surface area (Å²) in [5.74, 6) is 0.830. The Morgan fingerprint density at radius 2 is 1.26 bits per heavy atom. The van der Waals surface area contributed by atoms with Gasteiger partial charge in [0.15, 0.2) is 0 Å². The van der Waals surface area contributed by atoms with Crippen LogP contribution in [0.2, 0.25) is 0 Å². The second-order valence-corrected chi connectivity index (χ2v) is 5.04. The van der Waals surface area contributed by atoms with Gasteiger partial charge in [0.25, 0.3) is 5.97 Å². The van der Waals surface area contributed by atoms with Crippen molar-refractivity contribution in [2.75, 3.05) is 0 Å². The molecule has 0 aliphatic carbocycles. The molecule has 4 nitrogen and oxygen atoms in total. The zero-order valence-electron chi connectivity index (χ0n) is 10.5. The third kappa shape index (κ3) is 4.66. The van der Waals surface area contributed by atoms with Gasteiger partial charge in [-0.15, -0.1) is 0 Å². The maximum atomic E-state index is 11.1. The first-order valence-corrected chi connectivity index (χ1v) is 7.26. The van der Waals surface area contributed by atoms with Gasteiger partial charge >= 0.3 is 15.1 Å². The van der Waals surface area contributed by atoms with Crippen LogP contribution in [0.4, 0.5) is 0 Å². The van der Waals surface area contributed by atoms with E-state index < -0.39 is 21.1 Å². The van der Waals surface area contributed by atoms with Crippen LogP contribution in [0.15, 0.2) is 60.7 Å². The van der Waals surface area contributed by atoms with Crippen molar-refractivity contribution in [3.8, 4) is 11.5 Å². The molecule has 0 aliphatic rings. The minimum absolute atomic E-state index is 0.413. The van der Waals surface area contributed by atoms with Crippen LogP contribution < -0.4 is 7.58 Å². The molecule has 0 saturated carbocycles. The van der Waals surface area contributed by atoms with E-state index in [4.69, 9.17) is 11.4 Å². The molecule has 0 amide bonds. The fraction of sp³-hybridized carbons (Fsp3) is 0.0714. The molecule has 2 rings (SSSR count). The van der Waals surface area contributed by atoms with E-state index in [1.807, 2.05) is 36.4 Å². The summed E-state index contributed by atoms with van der Waals surface area (Å²) in [4.78, 5) is 11.1. The number of para-hydroxylation sites is 2. The Bertz CT molecular complexity index is 474. The van der Waals surface area contributed by atoms with Crippen LogP contribution in [0.5, 0.6) is 11.5 Å². The average molecular weight is 272 g/mol. The molecule has 0 radical (unpaired) electrons. The summed E-state index contributed by atoms with van der Waals surface area (Å²) < 4.78 is 16.3. The van der Waals surface area contributed by atoms with Crippen molar-refractivity contribution >= 4 is 21.1 Å². The predicted molar refractivity (Wildman–Crippen MR) is 71.7 cm³/mol. The van der Waals surface area contributed by atoms with E-state index in [-0.39, 0.29) is 0 Å². The lowest BCUT2D eigenvalue weighted by atomic mass is 10.3. The summed E-state index contributed by atoms with van der Waals surface area (Å²) in [5.41, 5.74) is 0. The maximum absolute atomic E-state index is 11.1. The van der Waals surface area contributed by atoms with Crippen LogP contribution in [-0.4, -0.2) is 21.1 Å². The zero-order valence-corrected chi connectivity index (χ0v) is 11.6. The van der Waals surface area contributed by atoms with Crippen molar-refractivity contribution in [3.05, 3.63) is 60.7 Å². The maximum Gasteiger partial charge on any atom is 1.20 e. The van der Waals surface area contributed by atoms with Crippen molar-refractivity contribution in [3.63, 3.8) is 0 Å². The van der Waals surface area contributed by atoms with Gasteiger partial charge in [-0.2, -0.15) is 0 Å². The van der Waals surface area contributed by atoms with Gasteiger partial charge < -0.3 is 11.4 Å². The normalized spacial score (nSPS) is 9.53. The van der Waals surface area contributed by atoms with Crippen molar-refractivity contribution in [1.82, 2.24) is 0 Å². The number of carbonyl (C=O) groups is 1. The smallest absolute Gasteiger partial charge is 0.577 e. The molecule has 96 valence electrons.